The number of aromatic nitrogens is 1. The van der Waals surface area contributed by atoms with Crippen LogP contribution in [0.15, 0.2) is 41.3 Å². The molecule has 0 saturated carbocycles. The highest BCUT2D eigenvalue weighted by Gasteiger charge is 2.28. The largest absolute Gasteiger partial charge is 0.381 e. The minimum absolute atomic E-state index is 0.0520. The summed E-state index contributed by atoms with van der Waals surface area (Å²) in [5, 5.41) is 0. The van der Waals surface area contributed by atoms with Crippen molar-refractivity contribution >= 4 is 11.8 Å². The quantitative estimate of drug-likeness (QED) is 0.813. The van der Waals surface area contributed by atoms with Crippen LogP contribution < -0.4 is 11.3 Å². The van der Waals surface area contributed by atoms with Crippen molar-refractivity contribution in [1.29, 1.82) is 0 Å². The second-order valence-corrected chi connectivity index (χ2v) is 8.14. The molecule has 30 heavy (non-hydrogen) atoms. The fourth-order valence-electron chi connectivity index (χ4n) is 4.42. The molecule has 158 valence electrons. The number of carbonyl (C=O) groups excluding carboxylic acids is 2. The molecule has 1 saturated heterocycles. The molecule has 2 amide bonds. The lowest BCUT2D eigenvalue weighted by molar-refractivity contribution is -0.134. The molecule has 1 fully saturated rings. The van der Waals surface area contributed by atoms with E-state index in [4.69, 9.17) is 10.5 Å². The number of primary amides is 1. The van der Waals surface area contributed by atoms with Crippen LogP contribution in [0, 0.1) is 5.92 Å². The van der Waals surface area contributed by atoms with E-state index in [0.29, 0.717) is 44.6 Å². The zero-order valence-corrected chi connectivity index (χ0v) is 17.0. The number of hydrogen-bond donors (Lipinski definition) is 1. The summed E-state index contributed by atoms with van der Waals surface area (Å²) in [6, 6.07) is 9.58. The SMILES string of the molecule is NC(=O)c1c2c(cn(Cc3ccccc3)c1=O)CN(C(=O)CC1CCCOC1)CC2. The van der Waals surface area contributed by atoms with Crippen LogP contribution in [-0.4, -0.2) is 41.0 Å². The third kappa shape index (κ3) is 4.31. The van der Waals surface area contributed by atoms with E-state index in [0.717, 1.165) is 30.6 Å². The fraction of sp³-hybridized carbons (Fsp3) is 0.435. The summed E-state index contributed by atoms with van der Waals surface area (Å²) in [5.74, 6) is -0.351. The topological polar surface area (TPSA) is 94.6 Å². The van der Waals surface area contributed by atoms with Gasteiger partial charge >= 0.3 is 0 Å². The van der Waals surface area contributed by atoms with Gasteiger partial charge < -0.3 is 19.9 Å². The lowest BCUT2D eigenvalue weighted by atomic mass is 9.94. The van der Waals surface area contributed by atoms with E-state index < -0.39 is 5.91 Å². The van der Waals surface area contributed by atoms with Crippen molar-refractivity contribution in [1.82, 2.24) is 9.47 Å². The Labute approximate surface area is 175 Å². The van der Waals surface area contributed by atoms with Crippen LogP contribution in [0.4, 0.5) is 0 Å². The van der Waals surface area contributed by atoms with Gasteiger partial charge in [-0.05, 0) is 41.9 Å². The van der Waals surface area contributed by atoms with E-state index >= 15 is 0 Å². The summed E-state index contributed by atoms with van der Waals surface area (Å²) >= 11 is 0. The van der Waals surface area contributed by atoms with Gasteiger partial charge in [0.1, 0.15) is 5.56 Å². The van der Waals surface area contributed by atoms with Crippen LogP contribution in [0.2, 0.25) is 0 Å². The number of carbonyl (C=O) groups is 2. The molecule has 1 aromatic heterocycles. The first-order chi connectivity index (χ1) is 14.5. The van der Waals surface area contributed by atoms with Crippen molar-refractivity contribution in [2.75, 3.05) is 19.8 Å². The van der Waals surface area contributed by atoms with Gasteiger partial charge in [0, 0.05) is 38.9 Å². The molecule has 7 nitrogen and oxygen atoms in total. The molecule has 0 spiro atoms. The molecule has 0 aliphatic carbocycles. The number of rotatable bonds is 5. The highest BCUT2D eigenvalue weighted by molar-refractivity contribution is 5.94. The Bertz CT molecular complexity index is 993. The van der Waals surface area contributed by atoms with Crippen LogP contribution in [-0.2, 0) is 29.0 Å². The van der Waals surface area contributed by atoms with Crippen LogP contribution >= 0.6 is 0 Å². The monoisotopic (exact) mass is 409 g/mol. The zero-order valence-electron chi connectivity index (χ0n) is 17.0. The van der Waals surface area contributed by atoms with Gasteiger partial charge in [-0.25, -0.2) is 0 Å². The van der Waals surface area contributed by atoms with Gasteiger partial charge in [0.05, 0.1) is 6.54 Å². The first kappa shape index (κ1) is 20.3. The van der Waals surface area contributed by atoms with Gasteiger partial charge in [0.15, 0.2) is 0 Å². The number of hydrogen-bond acceptors (Lipinski definition) is 4. The molecule has 4 rings (SSSR count). The summed E-state index contributed by atoms with van der Waals surface area (Å²) in [6.07, 6.45) is 4.72. The number of nitrogens with zero attached hydrogens (tertiary/aromatic N) is 2. The average Bonchev–Trinajstić information content (AvgIpc) is 2.75. The normalized spacial score (nSPS) is 18.7. The molecule has 0 bridgehead atoms. The molecule has 0 radical (unpaired) electrons. The first-order valence-corrected chi connectivity index (χ1v) is 10.5. The minimum atomic E-state index is -0.710. The third-order valence-electron chi connectivity index (χ3n) is 5.98. The van der Waals surface area contributed by atoms with Crippen molar-refractivity contribution in [3.05, 3.63) is 69.1 Å². The van der Waals surface area contributed by atoms with Gasteiger partial charge in [0.2, 0.25) is 5.91 Å². The Balaban J connectivity index is 1.59. The summed E-state index contributed by atoms with van der Waals surface area (Å²) in [7, 11) is 0. The molecule has 1 aromatic carbocycles. The van der Waals surface area contributed by atoms with E-state index in [1.54, 1.807) is 6.20 Å². The summed E-state index contributed by atoms with van der Waals surface area (Å²) in [4.78, 5) is 39.7. The maximum absolute atomic E-state index is 12.9. The maximum Gasteiger partial charge on any atom is 0.264 e. The molecule has 1 unspecified atom stereocenters. The van der Waals surface area contributed by atoms with Gasteiger partial charge in [-0.15, -0.1) is 0 Å². The minimum Gasteiger partial charge on any atom is -0.381 e. The highest BCUT2D eigenvalue weighted by Crippen LogP contribution is 2.24. The molecule has 2 aliphatic heterocycles. The highest BCUT2D eigenvalue weighted by atomic mass is 16.5. The van der Waals surface area contributed by atoms with Crippen molar-refractivity contribution < 1.29 is 14.3 Å². The zero-order chi connectivity index (χ0) is 21.1. The first-order valence-electron chi connectivity index (χ1n) is 10.5. The van der Waals surface area contributed by atoms with Crippen LogP contribution in [0.5, 0.6) is 0 Å². The van der Waals surface area contributed by atoms with Crippen molar-refractivity contribution in [2.24, 2.45) is 11.7 Å². The second-order valence-electron chi connectivity index (χ2n) is 8.14. The molecule has 1 atom stereocenters. The maximum atomic E-state index is 12.9. The Morgan fingerprint density at radius 3 is 2.70 bits per heavy atom. The Kier molecular flexibility index (Phi) is 5.99. The number of nitrogens with two attached hydrogens (primary N) is 1. The van der Waals surface area contributed by atoms with Crippen molar-refractivity contribution in [3.63, 3.8) is 0 Å². The second kappa shape index (κ2) is 8.83. The molecule has 3 heterocycles. The van der Waals surface area contributed by atoms with Gasteiger partial charge in [-0.2, -0.15) is 0 Å². The third-order valence-corrected chi connectivity index (χ3v) is 5.98. The Hall–Kier alpha value is -2.93. The van der Waals surface area contributed by atoms with Crippen molar-refractivity contribution in [2.45, 2.75) is 38.8 Å². The number of fused-ring (bicyclic) bond motifs is 1. The van der Waals surface area contributed by atoms with Crippen molar-refractivity contribution in [3.8, 4) is 0 Å². The van der Waals surface area contributed by atoms with Crippen LogP contribution in [0.25, 0.3) is 0 Å². The lowest BCUT2D eigenvalue weighted by Crippen LogP contribution is -2.41. The van der Waals surface area contributed by atoms with E-state index in [-0.39, 0.29) is 22.9 Å². The van der Waals surface area contributed by atoms with E-state index in [1.165, 1.54) is 4.57 Å². The number of benzene rings is 1. The van der Waals surface area contributed by atoms with Crippen LogP contribution in [0.1, 0.15) is 46.3 Å². The average molecular weight is 409 g/mol. The molecule has 2 aromatic rings. The molecular weight excluding hydrogens is 382 g/mol. The fourth-order valence-corrected chi connectivity index (χ4v) is 4.42. The van der Waals surface area contributed by atoms with Gasteiger partial charge in [-0.1, -0.05) is 30.3 Å². The summed E-state index contributed by atoms with van der Waals surface area (Å²) in [6.45, 7) is 2.63. The Morgan fingerprint density at radius 1 is 1.20 bits per heavy atom. The van der Waals surface area contributed by atoms with Crippen LogP contribution in [0.3, 0.4) is 0 Å². The standard InChI is InChI=1S/C23H27N3O4/c24-22(28)21-19-8-9-25(20(27)11-17-7-4-10-30-15-17)13-18(19)14-26(23(21)29)12-16-5-2-1-3-6-16/h1-3,5-6,14,17H,4,7-13,15H2,(H2,24,28). The molecule has 7 heteroatoms. The molecular formula is C23H27N3O4. The van der Waals surface area contributed by atoms with E-state index in [9.17, 15) is 14.4 Å². The number of pyridine rings is 1. The van der Waals surface area contributed by atoms with E-state index in [1.807, 2.05) is 35.2 Å². The summed E-state index contributed by atoms with van der Waals surface area (Å²) < 4.78 is 7.02. The van der Waals surface area contributed by atoms with Gasteiger partial charge in [-0.3, -0.25) is 14.4 Å². The predicted octanol–water partition coefficient (Wildman–Crippen LogP) is 1.70. The predicted molar refractivity (Wildman–Crippen MR) is 112 cm³/mol. The van der Waals surface area contributed by atoms with Gasteiger partial charge in [0.25, 0.3) is 11.5 Å². The lowest BCUT2D eigenvalue weighted by Gasteiger charge is -2.32. The Morgan fingerprint density at radius 2 is 2.00 bits per heavy atom. The molecule has 2 N–H and O–H groups in total. The number of amides is 2. The molecule has 2 aliphatic rings. The smallest absolute Gasteiger partial charge is 0.264 e. The number of ether oxygens (including phenoxy) is 1. The van der Waals surface area contributed by atoms with E-state index in [2.05, 4.69) is 0 Å². The summed E-state index contributed by atoms with van der Waals surface area (Å²) in [5.41, 5.74) is 7.71.